The number of rotatable bonds is 6. The zero-order chi connectivity index (χ0) is 15.9. The Morgan fingerprint density at radius 2 is 1.86 bits per heavy atom. The summed E-state index contributed by atoms with van der Waals surface area (Å²) < 4.78 is 4.53. The number of amides is 2. The van der Waals surface area contributed by atoms with Crippen LogP contribution in [0.5, 0.6) is 0 Å². The second-order valence-electron chi connectivity index (χ2n) is 5.48. The molecule has 1 saturated carbocycles. The van der Waals surface area contributed by atoms with E-state index in [9.17, 15) is 19.5 Å². The van der Waals surface area contributed by atoms with Gasteiger partial charge in [-0.05, 0) is 19.3 Å². The summed E-state index contributed by atoms with van der Waals surface area (Å²) in [5.74, 6) is -1.29. The Morgan fingerprint density at radius 3 is 2.38 bits per heavy atom. The van der Waals surface area contributed by atoms with Crippen molar-refractivity contribution in [1.29, 1.82) is 0 Å². The second-order valence-corrected chi connectivity index (χ2v) is 5.48. The van der Waals surface area contributed by atoms with Crippen LogP contribution in [-0.2, 0) is 14.3 Å². The summed E-state index contributed by atoms with van der Waals surface area (Å²) in [7, 11) is 2.91. The predicted octanol–water partition coefficient (Wildman–Crippen LogP) is 1.37. The van der Waals surface area contributed by atoms with Crippen LogP contribution in [0.2, 0.25) is 0 Å². The molecule has 0 aromatic rings. The van der Waals surface area contributed by atoms with Crippen molar-refractivity contribution in [2.24, 2.45) is 0 Å². The van der Waals surface area contributed by atoms with Gasteiger partial charge in [-0.25, -0.2) is 9.59 Å². The van der Waals surface area contributed by atoms with Crippen LogP contribution in [0.1, 0.15) is 44.9 Å². The minimum Gasteiger partial charge on any atom is -0.480 e. The maximum atomic E-state index is 12.1. The van der Waals surface area contributed by atoms with E-state index in [1.807, 2.05) is 0 Å². The number of carbonyl (C=O) groups excluding carboxylic acids is 2. The molecule has 0 radical (unpaired) electrons. The first-order valence-corrected chi connectivity index (χ1v) is 7.25. The second kappa shape index (κ2) is 7.85. The first kappa shape index (κ1) is 17.3. The minimum atomic E-state index is -1.15. The van der Waals surface area contributed by atoms with E-state index < -0.39 is 17.5 Å². The van der Waals surface area contributed by atoms with E-state index in [1.165, 1.54) is 12.0 Å². The molecule has 0 bridgehead atoms. The summed E-state index contributed by atoms with van der Waals surface area (Å²) in [5, 5.41) is 12.1. The third-order valence-electron chi connectivity index (χ3n) is 3.91. The molecule has 0 saturated heterocycles. The third kappa shape index (κ3) is 4.91. The number of carbonyl (C=O) groups is 3. The number of hydrogen-bond donors (Lipinski definition) is 2. The molecule has 0 atom stereocenters. The highest BCUT2D eigenvalue weighted by molar-refractivity contribution is 5.86. The Bertz CT molecular complexity index is 391. The number of ether oxygens (including phenoxy) is 1. The van der Waals surface area contributed by atoms with E-state index in [0.717, 1.165) is 19.3 Å². The molecular weight excluding hydrogens is 276 g/mol. The van der Waals surface area contributed by atoms with Gasteiger partial charge in [0.25, 0.3) is 0 Å². The van der Waals surface area contributed by atoms with Crippen molar-refractivity contribution in [1.82, 2.24) is 10.2 Å². The lowest BCUT2D eigenvalue weighted by atomic mass is 9.82. The lowest BCUT2D eigenvalue weighted by Gasteiger charge is -2.35. The Morgan fingerprint density at radius 1 is 1.24 bits per heavy atom. The summed E-state index contributed by atoms with van der Waals surface area (Å²) in [6, 6.07) is -0.413. The average molecular weight is 300 g/mol. The van der Waals surface area contributed by atoms with Crippen LogP contribution in [0.15, 0.2) is 0 Å². The van der Waals surface area contributed by atoms with Gasteiger partial charge in [0, 0.05) is 20.0 Å². The maximum absolute atomic E-state index is 12.1. The van der Waals surface area contributed by atoms with Crippen molar-refractivity contribution in [3.8, 4) is 0 Å². The number of carboxylic acids is 1. The van der Waals surface area contributed by atoms with E-state index >= 15 is 0 Å². The number of nitrogens with zero attached hydrogens (tertiary/aromatic N) is 1. The van der Waals surface area contributed by atoms with Crippen molar-refractivity contribution >= 4 is 18.0 Å². The van der Waals surface area contributed by atoms with Gasteiger partial charge < -0.3 is 20.1 Å². The van der Waals surface area contributed by atoms with Gasteiger partial charge >= 0.3 is 18.0 Å². The van der Waals surface area contributed by atoms with Crippen molar-refractivity contribution < 1.29 is 24.2 Å². The quantitative estimate of drug-likeness (QED) is 0.722. The molecule has 1 aliphatic carbocycles. The minimum absolute atomic E-state index is 0.234. The van der Waals surface area contributed by atoms with E-state index in [-0.39, 0.29) is 12.4 Å². The number of carboxylic acid groups (broad SMARTS) is 1. The highest BCUT2D eigenvalue weighted by atomic mass is 16.5. The fourth-order valence-corrected chi connectivity index (χ4v) is 2.51. The lowest BCUT2D eigenvalue weighted by Crippen LogP contribution is -2.58. The van der Waals surface area contributed by atoms with Crippen molar-refractivity contribution in [2.45, 2.75) is 50.5 Å². The molecule has 0 spiro atoms. The SMILES string of the molecule is COC(=O)CCCN(C)C(=O)NC1(C(=O)O)CCCCC1. The lowest BCUT2D eigenvalue weighted by molar-refractivity contribution is -0.146. The van der Waals surface area contributed by atoms with Gasteiger partial charge in [0.2, 0.25) is 0 Å². The first-order chi connectivity index (χ1) is 9.91. The van der Waals surface area contributed by atoms with Crippen LogP contribution in [0.3, 0.4) is 0 Å². The van der Waals surface area contributed by atoms with Crippen LogP contribution in [-0.4, -0.2) is 54.2 Å². The monoisotopic (exact) mass is 300 g/mol. The predicted molar refractivity (Wildman–Crippen MR) is 75.9 cm³/mol. The Balaban J connectivity index is 2.49. The number of esters is 1. The summed E-state index contributed by atoms with van der Waals surface area (Å²) >= 11 is 0. The molecule has 1 fully saturated rings. The largest absolute Gasteiger partial charge is 0.480 e. The van der Waals surface area contributed by atoms with Gasteiger partial charge in [-0.3, -0.25) is 4.79 Å². The van der Waals surface area contributed by atoms with Gasteiger partial charge in [-0.15, -0.1) is 0 Å². The van der Waals surface area contributed by atoms with Gasteiger partial charge in [0.05, 0.1) is 7.11 Å². The zero-order valence-corrected chi connectivity index (χ0v) is 12.7. The Kier molecular flexibility index (Phi) is 6.45. The number of urea groups is 1. The molecule has 0 heterocycles. The highest BCUT2D eigenvalue weighted by Gasteiger charge is 2.41. The molecule has 1 rings (SSSR count). The molecule has 120 valence electrons. The summed E-state index contributed by atoms with van der Waals surface area (Å²) in [6.07, 6.45) is 4.25. The number of nitrogens with one attached hydrogen (secondary N) is 1. The van der Waals surface area contributed by atoms with Crippen LogP contribution >= 0.6 is 0 Å². The van der Waals surface area contributed by atoms with Gasteiger partial charge in [-0.1, -0.05) is 19.3 Å². The van der Waals surface area contributed by atoms with Gasteiger partial charge in [0.15, 0.2) is 0 Å². The van der Waals surface area contributed by atoms with E-state index in [1.54, 1.807) is 7.05 Å². The van der Waals surface area contributed by atoms with Crippen molar-refractivity contribution in [2.75, 3.05) is 20.7 Å². The fourth-order valence-electron chi connectivity index (χ4n) is 2.51. The molecule has 21 heavy (non-hydrogen) atoms. The van der Waals surface area contributed by atoms with Gasteiger partial charge in [0.1, 0.15) is 5.54 Å². The summed E-state index contributed by atoms with van der Waals surface area (Å²) in [5.41, 5.74) is -1.15. The molecule has 0 aliphatic heterocycles. The average Bonchev–Trinajstić information content (AvgIpc) is 2.47. The molecular formula is C14H24N2O5. The molecule has 2 amide bonds. The molecule has 0 unspecified atom stereocenters. The van der Waals surface area contributed by atoms with Crippen molar-refractivity contribution in [3.63, 3.8) is 0 Å². The molecule has 7 nitrogen and oxygen atoms in total. The Hall–Kier alpha value is -1.79. The zero-order valence-electron chi connectivity index (χ0n) is 12.7. The third-order valence-corrected chi connectivity index (χ3v) is 3.91. The summed E-state index contributed by atoms with van der Waals surface area (Å²) in [4.78, 5) is 36.0. The molecule has 1 aliphatic rings. The molecule has 0 aromatic heterocycles. The fraction of sp³-hybridized carbons (Fsp3) is 0.786. The van der Waals surface area contributed by atoms with E-state index in [4.69, 9.17) is 0 Å². The van der Waals surface area contributed by atoms with Crippen LogP contribution in [0, 0.1) is 0 Å². The van der Waals surface area contributed by atoms with Crippen molar-refractivity contribution in [3.05, 3.63) is 0 Å². The van der Waals surface area contributed by atoms with Gasteiger partial charge in [-0.2, -0.15) is 0 Å². The maximum Gasteiger partial charge on any atom is 0.329 e. The molecule has 0 aromatic carbocycles. The van der Waals surface area contributed by atoms with Crippen LogP contribution in [0.4, 0.5) is 4.79 Å². The standard InChI is InChI=1S/C14H24N2O5/c1-16(10-6-7-11(17)21-2)13(20)15-14(12(18)19)8-4-3-5-9-14/h3-10H2,1-2H3,(H,15,20)(H,18,19). The normalized spacial score (nSPS) is 16.9. The number of aliphatic carboxylic acids is 1. The Labute approximate surface area is 124 Å². The topological polar surface area (TPSA) is 95.9 Å². The number of methoxy groups -OCH3 is 1. The highest BCUT2D eigenvalue weighted by Crippen LogP contribution is 2.28. The summed E-state index contributed by atoms with van der Waals surface area (Å²) in [6.45, 7) is 0.372. The van der Waals surface area contributed by atoms with E-state index in [2.05, 4.69) is 10.1 Å². The van der Waals surface area contributed by atoms with Crippen LogP contribution < -0.4 is 5.32 Å². The van der Waals surface area contributed by atoms with Crippen LogP contribution in [0.25, 0.3) is 0 Å². The molecule has 2 N–H and O–H groups in total. The molecule has 7 heteroatoms. The number of hydrogen-bond acceptors (Lipinski definition) is 4. The smallest absolute Gasteiger partial charge is 0.329 e. The first-order valence-electron chi connectivity index (χ1n) is 7.25. The van der Waals surface area contributed by atoms with E-state index in [0.29, 0.717) is 25.8 Å².